The van der Waals surface area contributed by atoms with Crippen LogP contribution in [0.5, 0.6) is 0 Å². The van der Waals surface area contributed by atoms with Gasteiger partial charge in [0.25, 0.3) is 0 Å². The monoisotopic (exact) mass is 299 g/mol. The largest absolute Gasteiger partial charge is 0.408 e. The van der Waals surface area contributed by atoms with Crippen molar-refractivity contribution in [1.82, 2.24) is 4.90 Å². The van der Waals surface area contributed by atoms with Gasteiger partial charge in [0, 0.05) is 17.8 Å². The molecule has 0 aliphatic carbocycles. The predicted molar refractivity (Wildman–Crippen MR) is 76.0 cm³/mol. The first kappa shape index (κ1) is 18.2. The van der Waals surface area contributed by atoms with Crippen LogP contribution in [0.4, 0.5) is 0 Å². The molecule has 0 aromatic rings. The van der Waals surface area contributed by atoms with E-state index in [1.165, 1.54) is 32.1 Å². The lowest BCUT2D eigenvalue weighted by molar-refractivity contribution is 0.389. The van der Waals surface area contributed by atoms with Gasteiger partial charge in [-0.2, -0.15) is 12.0 Å². The fourth-order valence-corrected chi connectivity index (χ4v) is 2.65. The Labute approximate surface area is 115 Å². The minimum atomic E-state index is -4.28. The van der Waals surface area contributed by atoms with Gasteiger partial charge in [0.15, 0.2) is 0 Å². The number of hydrogen-bond acceptors (Lipinski definition) is 5. The van der Waals surface area contributed by atoms with Crippen molar-refractivity contribution in [2.75, 3.05) is 26.4 Å². The molecule has 0 aliphatic rings. The van der Waals surface area contributed by atoms with Crippen LogP contribution in [0.25, 0.3) is 0 Å². The van der Waals surface area contributed by atoms with Gasteiger partial charge in [-0.05, 0) is 33.5 Å². The van der Waals surface area contributed by atoms with E-state index in [0.29, 0.717) is 5.75 Å². The van der Waals surface area contributed by atoms with E-state index >= 15 is 0 Å². The molecule has 110 valence electrons. The summed E-state index contributed by atoms with van der Waals surface area (Å²) in [5.74, 6) is 0.598. The molecule has 0 rings (SSSR count). The average molecular weight is 299 g/mol. The van der Waals surface area contributed by atoms with Crippen LogP contribution >= 0.6 is 12.0 Å². The first-order valence-electron chi connectivity index (χ1n) is 6.35. The Morgan fingerprint density at radius 2 is 1.50 bits per heavy atom. The third-order valence-corrected chi connectivity index (χ3v) is 4.00. The Balaban J connectivity index is 3.08. The summed E-state index contributed by atoms with van der Waals surface area (Å²) in [5.41, 5.74) is 0. The van der Waals surface area contributed by atoms with E-state index in [1.807, 2.05) is 0 Å². The van der Waals surface area contributed by atoms with Crippen LogP contribution in [0.2, 0.25) is 0 Å². The number of unbranched alkanes of at least 4 members (excludes halogenated alkanes) is 6. The van der Waals surface area contributed by atoms with E-state index < -0.39 is 10.4 Å². The molecule has 7 heteroatoms. The lowest BCUT2D eigenvalue weighted by Gasteiger charge is -2.08. The Hall–Kier alpha value is 0.180. The summed E-state index contributed by atoms with van der Waals surface area (Å²) in [6.07, 6.45) is 8.20. The molecule has 0 aromatic carbocycles. The molecule has 18 heavy (non-hydrogen) atoms. The zero-order valence-corrected chi connectivity index (χ0v) is 12.9. The van der Waals surface area contributed by atoms with Gasteiger partial charge in [0.2, 0.25) is 0 Å². The second-order valence-electron chi connectivity index (χ2n) is 4.60. The smallest absolute Gasteiger partial charge is 0.309 e. The van der Waals surface area contributed by atoms with Crippen LogP contribution in [0, 0.1) is 0 Å². The molecule has 0 unspecified atom stereocenters. The van der Waals surface area contributed by atoms with Crippen molar-refractivity contribution in [3.8, 4) is 0 Å². The first-order chi connectivity index (χ1) is 8.42. The molecule has 0 fully saturated rings. The lowest BCUT2D eigenvalue weighted by Crippen LogP contribution is -2.12. The highest BCUT2D eigenvalue weighted by Gasteiger charge is 2.03. The summed E-state index contributed by atoms with van der Waals surface area (Å²) in [6.45, 7) is 1.16. The topological polar surface area (TPSA) is 66.8 Å². The van der Waals surface area contributed by atoms with Gasteiger partial charge in [-0.3, -0.25) is 4.55 Å². The minimum Gasteiger partial charge on any atom is -0.309 e. The normalized spacial score (nSPS) is 12.2. The highest BCUT2D eigenvalue weighted by atomic mass is 32.3. The van der Waals surface area contributed by atoms with Gasteiger partial charge in [0.05, 0.1) is 0 Å². The Morgan fingerprint density at radius 3 is 2.00 bits per heavy atom. The van der Waals surface area contributed by atoms with Crippen molar-refractivity contribution in [1.29, 1.82) is 0 Å². The van der Waals surface area contributed by atoms with Gasteiger partial charge in [-0.15, -0.1) is 0 Å². The van der Waals surface area contributed by atoms with Gasteiger partial charge >= 0.3 is 10.4 Å². The van der Waals surface area contributed by atoms with E-state index in [2.05, 4.69) is 22.6 Å². The second kappa shape index (κ2) is 11.0. The van der Waals surface area contributed by atoms with Gasteiger partial charge in [0.1, 0.15) is 0 Å². The molecule has 0 aliphatic heterocycles. The Kier molecular flexibility index (Phi) is 11.2. The highest BCUT2D eigenvalue weighted by molar-refractivity contribution is 8.02. The van der Waals surface area contributed by atoms with E-state index in [0.717, 1.165) is 31.4 Å². The number of nitrogens with zero attached hydrogens (tertiary/aromatic N) is 1. The molecule has 0 amide bonds. The maximum atomic E-state index is 10.2. The fourth-order valence-electron chi connectivity index (χ4n) is 1.57. The van der Waals surface area contributed by atoms with Gasteiger partial charge < -0.3 is 4.90 Å². The maximum absolute atomic E-state index is 10.2. The SMILES string of the molecule is CN(C)CCCCCCCCCSOS(=O)(=O)O. The molecule has 0 atom stereocenters. The molecule has 0 aromatic heterocycles. The zero-order chi connectivity index (χ0) is 13.9. The molecular weight excluding hydrogens is 274 g/mol. The molecular formula is C11H25NO4S2. The molecule has 0 spiro atoms. The van der Waals surface area contributed by atoms with Crippen LogP contribution in [0.1, 0.15) is 44.9 Å². The van der Waals surface area contributed by atoms with E-state index in [1.54, 1.807) is 0 Å². The molecule has 0 heterocycles. The number of rotatable bonds is 12. The first-order valence-corrected chi connectivity index (χ1v) is 8.62. The summed E-state index contributed by atoms with van der Waals surface area (Å²) in [7, 11) is -0.101. The molecule has 0 radical (unpaired) electrons. The second-order valence-corrected chi connectivity index (χ2v) is 6.64. The third-order valence-electron chi connectivity index (χ3n) is 2.47. The van der Waals surface area contributed by atoms with E-state index in [9.17, 15) is 8.42 Å². The summed E-state index contributed by atoms with van der Waals surface area (Å²) in [6, 6.07) is 0. The number of hydrogen-bond donors (Lipinski definition) is 1. The molecule has 0 saturated heterocycles. The summed E-state index contributed by atoms with van der Waals surface area (Å²) in [5, 5.41) is 0. The van der Waals surface area contributed by atoms with Gasteiger partial charge in [-0.1, -0.05) is 32.1 Å². The highest BCUT2D eigenvalue weighted by Crippen LogP contribution is 2.12. The summed E-state index contributed by atoms with van der Waals surface area (Å²) in [4.78, 5) is 2.20. The average Bonchev–Trinajstić information content (AvgIpc) is 2.24. The van der Waals surface area contributed by atoms with Crippen LogP contribution in [0.3, 0.4) is 0 Å². The van der Waals surface area contributed by atoms with Crippen LogP contribution in [-0.4, -0.2) is 44.3 Å². The van der Waals surface area contributed by atoms with Crippen molar-refractivity contribution in [3.05, 3.63) is 0 Å². The quantitative estimate of drug-likeness (QED) is 0.339. The predicted octanol–water partition coefficient (Wildman–Crippen LogP) is 2.75. The third kappa shape index (κ3) is 16.2. The van der Waals surface area contributed by atoms with Crippen molar-refractivity contribution in [3.63, 3.8) is 0 Å². The minimum absolute atomic E-state index is 0.598. The van der Waals surface area contributed by atoms with Crippen molar-refractivity contribution in [2.24, 2.45) is 0 Å². The summed E-state index contributed by atoms with van der Waals surface area (Å²) < 4.78 is 32.9. The van der Waals surface area contributed by atoms with Crippen molar-refractivity contribution in [2.45, 2.75) is 44.9 Å². The molecule has 0 bridgehead atoms. The van der Waals surface area contributed by atoms with Crippen LogP contribution in [0.15, 0.2) is 0 Å². The van der Waals surface area contributed by atoms with Gasteiger partial charge in [-0.25, -0.2) is 0 Å². The zero-order valence-electron chi connectivity index (χ0n) is 11.3. The molecule has 1 N–H and O–H groups in total. The van der Waals surface area contributed by atoms with Crippen molar-refractivity contribution < 1.29 is 16.6 Å². The molecule has 0 saturated carbocycles. The Bertz CT molecular complexity index is 281. The van der Waals surface area contributed by atoms with Crippen LogP contribution < -0.4 is 0 Å². The van der Waals surface area contributed by atoms with Crippen LogP contribution in [-0.2, 0) is 14.0 Å². The van der Waals surface area contributed by atoms with E-state index in [-0.39, 0.29) is 0 Å². The Morgan fingerprint density at radius 1 is 1.00 bits per heavy atom. The maximum Gasteiger partial charge on any atom is 0.408 e. The standard InChI is InChI=1S/C11H25NO4S2/c1-12(2)10-8-6-4-3-5-7-9-11-17-16-18(13,14)15/h3-11H2,1-2H3,(H,13,14,15). The molecule has 5 nitrogen and oxygen atoms in total. The fraction of sp³-hybridized carbons (Fsp3) is 1.00. The van der Waals surface area contributed by atoms with E-state index in [4.69, 9.17) is 4.55 Å². The lowest BCUT2D eigenvalue weighted by atomic mass is 10.1. The summed E-state index contributed by atoms with van der Waals surface area (Å²) >= 11 is 0.792. The van der Waals surface area contributed by atoms with Crippen molar-refractivity contribution >= 4 is 22.4 Å².